The molecule has 1 atom stereocenters. The van der Waals surface area contributed by atoms with E-state index in [0.717, 1.165) is 58.5 Å². The Morgan fingerprint density at radius 1 is 1.25 bits per heavy atom. The minimum Gasteiger partial charge on any atom is -0.336 e. The molecule has 0 spiro atoms. The SMILES string of the molecule is CN1CCN(CC[C@H]2CCCCN2C(=O)c2ccncc2Cl)CC1. The molecule has 2 saturated heterocycles. The van der Waals surface area contributed by atoms with Crippen molar-refractivity contribution in [2.45, 2.75) is 31.7 Å². The van der Waals surface area contributed by atoms with E-state index in [4.69, 9.17) is 11.6 Å². The van der Waals surface area contributed by atoms with E-state index in [1.165, 1.54) is 6.42 Å². The molecule has 0 bridgehead atoms. The van der Waals surface area contributed by atoms with Crippen LogP contribution in [0.3, 0.4) is 0 Å². The topological polar surface area (TPSA) is 39.7 Å². The van der Waals surface area contributed by atoms with Crippen LogP contribution in [0, 0.1) is 0 Å². The van der Waals surface area contributed by atoms with Crippen molar-refractivity contribution < 1.29 is 4.79 Å². The van der Waals surface area contributed by atoms with E-state index >= 15 is 0 Å². The van der Waals surface area contributed by atoms with E-state index in [1.807, 2.05) is 4.90 Å². The molecule has 132 valence electrons. The number of aromatic nitrogens is 1. The number of pyridine rings is 1. The lowest BCUT2D eigenvalue weighted by Crippen LogP contribution is -2.48. The van der Waals surface area contributed by atoms with Crippen LogP contribution in [0.15, 0.2) is 18.5 Å². The van der Waals surface area contributed by atoms with Gasteiger partial charge in [-0.2, -0.15) is 0 Å². The zero-order valence-electron chi connectivity index (χ0n) is 14.5. The normalized spacial score (nSPS) is 23.4. The summed E-state index contributed by atoms with van der Waals surface area (Å²) in [6.07, 6.45) is 7.64. The Balaban J connectivity index is 1.61. The lowest BCUT2D eigenvalue weighted by atomic mass is 9.98. The Morgan fingerprint density at radius 3 is 2.79 bits per heavy atom. The third-order valence-electron chi connectivity index (χ3n) is 5.27. The fourth-order valence-electron chi connectivity index (χ4n) is 3.67. The molecule has 0 aliphatic carbocycles. The highest BCUT2D eigenvalue weighted by Gasteiger charge is 2.29. The number of likely N-dealkylation sites (N-methyl/N-ethyl adjacent to an activating group) is 1. The summed E-state index contributed by atoms with van der Waals surface area (Å²) >= 11 is 6.18. The molecule has 1 aromatic rings. The Bertz CT molecular complexity index is 560. The number of hydrogen-bond acceptors (Lipinski definition) is 4. The smallest absolute Gasteiger partial charge is 0.255 e. The molecule has 2 aliphatic rings. The zero-order chi connectivity index (χ0) is 16.9. The molecule has 0 saturated carbocycles. The Morgan fingerprint density at radius 2 is 2.04 bits per heavy atom. The van der Waals surface area contributed by atoms with E-state index in [1.54, 1.807) is 18.5 Å². The molecule has 0 aromatic carbocycles. The van der Waals surface area contributed by atoms with E-state index < -0.39 is 0 Å². The number of likely N-dealkylation sites (tertiary alicyclic amines) is 1. The van der Waals surface area contributed by atoms with Crippen molar-refractivity contribution in [3.63, 3.8) is 0 Å². The second kappa shape index (κ2) is 8.28. The van der Waals surface area contributed by atoms with Gasteiger partial charge in [-0.15, -0.1) is 0 Å². The van der Waals surface area contributed by atoms with Gasteiger partial charge in [0.05, 0.1) is 10.6 Å². The largest absolute Gasteiger partial charge is 0.336 e. The fraction of sp³-hybridized carbons (Fsp3) is 0.667. The molecular formula is C18H27ClN4O. The third kappa shape index (κ3) is 4.26. The lowest BCUT2D eigenvalue weighted by Gasteiger charge is -2.38. The highest BCUT2D eigenvalue weighted by molar-refractivity contribution is 6.33. The average molecular weight is 351 g/mol. The number of halogens is 1. The van der Waals surface area contributed by atoms with Gasteiger partial charge in [0.25, 0.3) is 5.91 Å². The number of amides is 1. The highest BCUT2D eigenvalue weighted by Crippen LogP contribution is 2.24. The molecule has 1 amide bonds. The molecule has 2 aliphatic heterocycles. The van der Waals surface area contributed by atoms with Crippen LogP contribution in [0.25, 0.3) is 0 Å². The summed E-state index contributed by atoms with van der Waals surface area (Å²) in [5.74, 6) is 0.0606. The van der Waals surface area contributed by atoms with Crippen LogP contribution in [0.4, 0.5) is 0 Å². The Labute approximate surface area is 149 Å². The molecule has 24 heavy (non-hydrogen) atoms. The monoisotopic (exact) mass is 350 g/mol. The number of piperidine rings is 1. The minimum atomic E-state index is 0.0606. The van der Waals surface area contributed by atoms with Gasteiger partial charge in [-0.3, -0.25) is 9.78 Å². The van der Waals surface area contributed by atoms with Crippen LogP contribution in [0.1, 0.15) is 36.0 Å². The summed E-state index contributed by atoms with van der Waals surface area (Å²) in [6.45, 7) is 6.46. The number of nitrogens with zero attached hydrogens (tertiary/aromatic N) is 4. The number of hydrogen-bond donors (Lipinski definition) is 0. The predicted molar refractivity (Wildman–Crippen MR) is 96.5 cm³/mol. The van der Waals surface area contributed by atoms with Gasteiger partial charge in [-0.1, -0.05) is 11.6 Å². The summed E-state index contributed by atoms with van der Waals surface area (Å²) < 4.78 is 0. The Hall–Kier alpha value is -1.17. The quantitative estimate of drug-likeness (QED) is 0.835. The van der Waals surface area contributed by atoms with Crippen molar-refractivity contribution in [2.75, 3.05) is 46.3 Å². The molecular weight excluding hydrogens is 324 g/mol. The summed E-state index contributed by atoms with van der Waals surface area (Å²) in [5, 5.41) is 0.450. The maximum absolute atomic E-state index is 12.9. The molecule has 1 aromatic heterocycles. The van der Waals surface area contributed by atoms with Gasteiger partial charge in [0, 0.05) is 57.7 Å². The van der Waals surface area contributed by atoms with Gasteiger partial charge < -0.3 is 14.7 Å². The van der Waals surface area contributed by atoms with Gasteiger partial charge in [0.15, 0.2) is 0 Å². The molecule has 0 unspecified atom stereocenters. The number of carbonyl (C=O) groups excluding carboxylic acids is 1. The maximum atomic E-state index is 12.9. The third-order valence-corrected chi connectivity index (χ3v) is 5.57. The van der Waals surface area contributed by atoms with E-state index in [-0.39, 0.29) is 5.91 Å². The van der Waals surface area contributed by atoms with Gasteiger partial charge in [0.2, 0.25) is 0 Å². The molecule has 3 heterocycles. The Kier molecular flexibility index (Phi) is 6.09. The van der Waals surface area contributed by atoms with Crippen molar-refractivity contribution in [1.29, 1.82) is 0 Å². The number of carbonyl (C=O) groups is 1. The summed E-state index contributed by atoms with van der Waals surface area (Å²) in [5.41, 5.74) is 0.582. The van der Waals surface area contributed by atoms with E-state index in [0.29, 0.717) is 16.6 Å². The van der Waals surface area contributed by atoms with Crippen LogP contribution in [0.2, 0.25) is 5.02 Å². The van der Waals surface area contributed by atoms with Crippen molar-refractivity contribution in [3.05, 3.63) is 29.0 Å². The highest BCUT2D eigenvalue weighted by atomic mass is 35.5. The zero-order valence-corrected chi connectivity index (χ0v) is 15.2. The predicted octanol–water partition coefficient (Wildman–Crippen LogP) is 2.37. The molecule has 3 rings (SSSR count). The first-order chi connectivity index (χ1) is 11.6. The van der Waals surface area contributed by atoms with Crippen molar-refractivity contribution in [1.82, 2.24) is 19.7 Å². The fourth-order valence-corrected chi connectivity index (χ4v) is 3.87. The maximum Gasteiger partial charge on any atom is 0.255 e. The lowest BCUT2D eigenvalue weighted by molar-refractivity contribution is 0.0570. The van der Waals surface area contributed by atoms with Crippen molar-refractivity contribution >= 4 is 17.5 Å². The van der Waals surface area contributed by atoms with Crippen molar-refractivity contribution in [2.24, 2.45) is 0 Å². The van der Waals surface area contributed by atoms with Crippen molar-refractivity contribution in [3.8, 4) is 0 Å². The van der Waals surface area contributed by atoms with Crippen LogP contribution in [-0.4, -0.2) is 77.9 Å². The summed E-state index contributed by atoms with van der Waals surface area (Å²) in [4.78, 5) is 23.8. The molecule has 6 heteroatoms. The second-order valence-electron chi connectivity index (χ2n) is 6.94. The van der Waals surface area contributed by atoms with Gasteiger partial charge >= 0.3 is 0 Å². The number of piperazine rings is 1. The molecule has 5 nitrogen and oxygen atoms in total. The summed E-state index contributed by atoms with van der Waals surface area (Å²) in [6, 6.07) is 2.06. The first-order valence-electron chi connectivity index (χ1n) is 8.96. The van der Waals surface area contributed by atoms with Gasteiger partial charge in [-0.25, -0.2) is 0 Å². The van der Waals surface area contributed by atoms with E-state index in [2.05, 4.69) is 21.8 Å². The standard InChI is InChI=1S/C18H27ClN4O/c1-21-10-12-22(13-11-21)9-6-15-4-2-3-8-23(15)18(24)16-5-7-20-14-17(16)19/h5,7,14-15H,2-4,6,8-13H2,1H3/t15-/m1/s1. The van der Waals surface area contributed by atoms with Crippen LogP contribution in [-0.2, 0) is 0 Å². The van der Waals surface area contributed by atoms with Crippen LogP contribution >= 0.6 is 11.6 Å². The average Bonchev–Trinajstić information content (AvgIpc) is 2.61. The molecule has 2 fully saturated rings. The van der Waals surface area contributed by atoms with Gasteiger partial charge in [0.1, 0.15) is 0 Å². The molecule has 0 radical (unpaired) electrons. The summed E-state index contributed by atoms with van der Waals surface area (Å²) in [7, 11) is 2.18. The molecule has 0 N–H and O–H groups in total. The van der Waals surface area contributed by atoms with Crippen LogP contribution < -0.4 is 0 Å². The van der Waals surface area contributed by atoms with E-state index in [9.17, 15) is 4.79 Å². The van der Waals surface area contributed by atoms with Gasteiger partial charge in [-0.05, 0) is 38.8 Å². The first kappa shape index (κ1) is 17.6. The minimum absolute atomic E-state index is 0.0606. The number of rotatable bonds is 4. The van der Waals surface area contributed by atoms with Crippen LogP contribution in [0.5, 0.6) is 0 Å². The first-order valence-corrected chi connectivity index (χ1v) is 9.34. The second-order valence-corrected chi connectivity index (χ2v) is 7.34.